The van der Waals surface area contributed by atoms with Crippen LogP contribution in [0.5, 0.6) is 51.7 Å². The van der Waals surface area contributed by atoms with E-state index in [9.17, 15) is 61.6 Å². The molecule has 0 heterocycles. The first-order valence-electron chi connectivity index (χ1n) is 33.9. The first kappa shape index (κ1) is 90.7. The Balaban J connectivity index is 0.000000179. The summed E-state index contributed by atoms with van der Waals surface area (Å²) < 4.78 is 150. The highest BCUT2D eigenvalue weighted by atomic mass is 35.5. The normalized spacial score (nSPS) is 11.1. The zero-order chi connectivity index (χ0) is 85.7. The summed E-state index contributed by atoms with van der Waals surface area (Å²) in [6, 6.07) is 65.4. The van der Waals surface area contributed by atoms with Gasteiger partial charge in [-0.15, -0.1) is 0 Å². The third kappa shape index (κ3) is 28.5. The van der Waals surface area contributed by atoms with Crippen molar-refractivity contribution in [1.29, 1.82) is 0 Å². The second kappa shape index (κ2) is 41.2. The summed E-state index contributed by atoms with van der Waals surface area (Å²) >= 11 is 35.1. The SMILES string of the molecule is COc1ccc(CC(=O)Nc2ccc(Oc3ccc(Cl)cc3)c(S(N)(=O)=O)c2)cc1.NS(=O)(=O)c1cc(NC(=O)Cc2ccc(Cl)cc2)ccc1Oc1ccc(Cl)cc1.NS(=O)(=O)c1cc(NC(=O)Cc2ccc(F)cc2Cl)ccc1Oc1ccc(Cl)cc1.NS(=O)(=O)c1cc(NC(=O)Cc2ccccc2F)ccc1Oc1ccc(Cl)cc1. The largest absolute Gasteiger partial charge is 0.497 e. The number of nitrogens with one attached hydrogen (secondary N) is 4. The van der Waals surface area contributed by atoms with Crippen molar-refractivity contribution in [3.05, 3.63) is 325 Å². The molecule has 0 aliphatic carbocycles. The fraction of sp³-hybridized carbons (Fsp3) is 0.0617. The Morgan fingerprint density at radius 1 is 0.314 bits per heavy atom. The maximum Gasteiger partial charge on any atom is 0.241 e. The number of methoxy groups -OCH3 is 1. The van der Waals surface area contributed by atoms with Gasteiger partial charge in [-0.05, 0) is 235 Å². The molecule has 612 valence electrons. The van der Waals surface area contributed by atoms with Gasteiger partial charge in [0.2, 0.25) is 63.7 Å². The van der Waals surface area contributed by atoms with Gasteiger partial charge in [-0.3, -0.25) is 19.2 Å². The minimum absolute atomic E-state index is 0.0121. The van der Waals surface area contributed by atoms with Gasteiger partial charge in [0.15, 0.2) is 0 Å². The molecule has 0 atom stereocenters. The molecular formula is C81H66Cl6F2N8O17S4. The summed E-state index contributed by atoms with van der Waals surface area (Å²) in [5.41, 5.74) is 3.11. The highest BCUT2D eigenvalue weighted by Gasteiger charge is 2.24. The molecule has 0 spiro atoms. The van der Waals surface area contributed by atoms with Crippen molar-refractivity contribution >= 4 is 156 Å². The van der Waals surface area contributed by atoms with Crippen LogP contribution < -0.4 is 65.5 Å². The maximum absolute atomic E-state index is 13.7. The number of amides is 4. The molecule has 25 nitrogen and oxygen atoms in total. The topological polar surface area (TPSA) is 403 Å². The number of nitrogens with two attached hydrogens (primary N) is 4. The second-order valence-corrected chi connectivity index (χ2v) is 33.5. The van der Waals surface area contributed by atoms with Crippen molar-refractivity contribution in [2.24, 2.45) is 20.6 Å². The van der Waals surface area contributed by atoms with Crippen LogP contribution in [-0.2, 0) is 85.0 Å². The van der Waals surface area contributed by atoms with Gasteiger partial charge in [-0.2, -0.15) is 0 Å². The van der Waals surface area contributed by atoms with Gasteiger partial charge in [-0.1, -0.05) is 118 Å². The van der Waals surface area contributed by atoms with E-state index < -0.39 is 63.5 Å². The molecule has 0 fully saturated rings. The lowest BCUT2D eigenvalue weighted by Crippen LogP contribution is -2.17. The van der Waals surface area contributed by atoms with E-state index in [-0.39, 0.29) is 113 Å². The summed E-state index contributed by atoms with van der Waals surface area (Å²) in [5.74, 6) is -0.420. The molecule has 118 heavy (non-hydrogen) atoms. The number of primary sulfonamides is 4. The third-order valence-corrected chi connectivity index (χ3v) is 21.1. The van der Waals surface area contributed by atoms with Crippen LogP contribution in [0.4, 0.5) is 31.5 Å². The van der Waals surface area contributed by atoms with E-state index in [2.05, 4.69) is 21.3 Å². The number of rotatable bonds is 25. The fourth-order valence-electron chi connectivity index (χ4n) is 10.3. The summed E-state index contributed by atoms with van der Waals surface area (Å²) in [5, 5.41) is 34.4. The lowest BCUT2D eigenvalue weighted by molar-refractivity contribution is -0.116. The van der Waals surface area contributed by atoms with Crippen LogP contribution in [0.15, 0.2) is 280 Å². The Hall–Kier alpha value is -11.2. The predicted molar refractivity (Wildman–Crippen MR) is 449 cm³/mol. The molecule has 12 N–H and O–H groups in total. The number of benzene rings is 12. The van der Waals surface area contributed by atoms with Crippen molar-refractivity contribution in [1.82, 2.24) is 0 Å². The minimum atomic E-state index is -4.16. The Morgan fingerprint density at radius 2 is 0.576 bits per heavy atom. The third-order valence-electron chi connectivity index (χ3n) is 15.8. The van der Waals surface area contributed by atoms with Crippen LogP contribution in [0.1, 0.15) is 22.3 Å². The van der Waals surface area contributed by atoms with E-state index in [4.69, 9.17) is 114 Å². The molecule has 0 saturated carbocycles. The van der Waals surface area contributed by atoms with Crippen LogP contribution >= 0.6 is 69.6 Å². The number of anilines is 4. The molecule has 12 aromatic rings. The Labute approximate surface area is 706 Å². The molecule has 0 aliphatic heterocycles. The molecule has 0 unspecified atom stereocenters. The van der Waals surface area contributed by atoms with Gasteiger partial charge in [0.05, 0.1) is 32.8 Å². The van der Waals surface area contributed by atoms with Gasteiger partial charge >= 0.3 is 0 Å². The monoisotopic (exact) mass is 1800 g/mol. The number of carbonyl (C=O) groups is 4. The van der Waals surface area contributed by atoms with E-state index in [0.717, 1.165) is 17.2 Å². The number of hydrogen-bond acceptors (Lipinski definition) is 17. The van der Waals surface area contributed by atoms with Gasteiger partial charge in [-0.25, -0.2) is 63.0 Å². The number of halogens is 8. The molecule has 0 bridgehead atoms. The van der Waals surface area contributed by atoms with E-state index >= 15 is 0 Å². The van der Waals surface area contributed by atoms with Gasteiger partial charge in [0.1, 0.15) is 83.0 Å². The van der Waals surface area contributed by atoms with Gasteiger partial charge in [0, 0.05) is 52.9 Å². The van der Waals surface area contributed by atoms with Gasteiger partial charge < -0.3 is 45.0 Å². The van der Waals surface area contributed by atoms with Crippen LogP contribution in [0, 0.1) is 11.6 Å². The van der Waals surface area contributed by atoms with Crippen molar-refractivity contribution in [3.63, 3.8) is 0 Å². The predicted octanol–water partition coefficient (Wildman–Crippen LogP) is 17.4. The van der Waals surface area contributed by atoms with Crippen molar-refractivity contribution in [2.75, 3.05) is 28.4 Å². The summed E-state index contributed by atoms with van der Waals surface area (Å²) in [7, 11) is -14.9. The van der Waals surface area contributed by atoms with Gasteiger partial charge in [0.25, 0.3) is 0 Å². The molecule has 0 aliphatic rings. The first-order chi connectivity index (χ1) is 55.8. The van der Waals surface area contributed by atoms with Crippen LogP contribution in [-0.4, -0.2) is 64.4 Å². The zero-order valence-electron chi connectivity index (χ0n) is 61.1. The highest BCUT2D eigenvalue weighted by molar-refractivity contribution is 7.90. The highest BCUT2D eigenvalue weighted by Crippen LogP contribution is 2.37. The lowest BCUT2D eigenvalue weighted by atomic mass is 10.1. The van der Waals surface area contributed by atoms with Crippen molar-refractivity contribution < 1.29 is 85.3 Å². The number of ether oxygens (including phenoxy) is 5. The quantitative estimate of drug-likeness (QED) is 0.0263. The van der Waals surface area contributed by atoms with E-state index in [0.29, 0.717) is 59.4 Å². The van der Waals surface area contributed by atoms with Crippen LogP contribution in [0.2, 0.25) is 30.1 Å². The molecule has 12 rings (SSSR count). The number of carbonyl (C=O) groups excluding carboxylic acids is 4. The molecule has 0 aromatic heterocycles. The smallest absolute Gasteiger partial charge is 0.241 e. The van der Waals surface area contributed by atoms with Crippen LogP contribution in [0.3, 0.4) is 0 Å². The number of sulfonamides is 4. The molecule has 0 saturated heterocycles. The Bertz CT molecular complexity index is 6130. The molecule has 4 amide bonds. The standard InChI is InChI=1S/C21H19ClN2O5S.C20H15Cl2FN2O4S.C20H16Cl2N2O4S.C20H16ClFN2O4S/c1-28-17-7-2-14(3-8-17)12-21(25)24-16-6-11-19(20(13-16)30(23,26)27)29-18-9-4-15(22)5-10-18;21-13-2-6-16(7-3-13)29-18-8-5-15(11-19(18)30(24,27)28)25-20(26)9-12-1-4-14(23)10-17(12)22;21-14-3-1-13(2-4-14)11-20(25)24-16-7-10-18(19(12-16)29(23,26)27)28-17-8-5-15(22)6-9-17;21-14-5-8-16(9-6-14)28-18-10-7-15(12-19(18)29(23,26)27)24-20(25)11-13-3-1-2-4-17(13)22/h2-11,13H,12H2,1H3,(H,24,25)(H2,23,26,27);1-8,10-11H,9H2,(H,25,26)(H2,24,27,28);2*1-10,12H,11H2,(H,24,25)(H2,23,26,27). The minimum Gasteiger partial charge on any atom is -0.497 e. The Morgan fingerprint density at radius 3 is 0.856 bits per heavy atom. The number of hydrogen-bond donors (Lipinski definition) is 8. The lowest BCUT2D eigenvalue weighted by Gasteiger charge is -2.13. The fourth-order valence-corrected chi connectivity index (χ4v) is 13.9. The van der Waals surface area contributed by atoms with E-state index in [1.165, 1.54) is 103 Å². The van der Waals surface area contributed by atoms with Crippen molar-refractivity contribution in [3.8, 4) is 51.7 Å². The maximum atomic E-state index is 13.7. The first-order valence-corrected chi connectivity index (χ1v) is 42.4. The van der Waals surface area contributed by atoms with E-state index in [1.807, 2.05) is 0 Å². The summed E-state index contributed by atoms with van der Waals surface area (Å²) in [6.07, 6.45) is -0.129. The summed E-state index contributed by atoms with van der Waals surface area (Å²) in [6.45, 7) is 0. The molecule has 37 heteroatoms. The molecular weight excluding hydrogens is 1740 g/mol. The second-order valence-electron chi connectivity index (χ2n) is 24.8. The molecule has 0 radical (unpaired) electrons. The average molecular weight is 1800 g/mol. The molecule has 12 aromatic carbocycles. The Kier molecular flexibility index (Phi) is 31.7. The van der Waals surface area contributed by atoms with E-state index in [1.54, 1.807) is 159 Å². The van der Waals surface area contributed by atoms with Crippen molar-refractivity contribution in [2.45, 2.75) is 45.3 Å². The average Bonchev–Trinajstić information content (AvgIpc) is 0.828. The summed E-state index contributed by atoms with van der Waals surface area (Å²) in [4.78, 5) is 48.0. The van der Waals surface area contributed by atoms with Crippen LogP contribution in [0.25, 0.3) is 0 Å². The zero-order valence-corrected chi connectivity index (χ0v) is 68.9.